The van der Waals surface area contributed by atoms with E-state index in [4.69, 9.17) is 0 Å². The Morgan fingerprint density at radius 1 is 1.00 bits per heavy atom. The van der Waals surface area contributed by atoms with Gasteiger partial charge >= 0.3 is 0 Å². The van der Waals surface area contributed by atoms with E-state index >= 15 is 0 Å². The molecule has 0 aromatic heterocycles. The molecule has 1 aliphatic carbocycles. The average Bonchev–Trinajstić information content (AvgIpc) is 2.78. The lowest BCUT2D eigenvalue weighted by atomic mass is 9.96. The number of rotatable bonds is 6. The van der Waals surface area contributed by atoms with Crippen LogP contribution in [0, 0.1) is 11.8 Å². The number of hydrogen-bond acceptors (Lipinski definition) is 2. The predicted molar refractivity (Wildman–Crippen MR) is 81.3 cm³/mol. The SMILES string of the molecule is CCCC1CCCN(CC(O)CC2CCCC2)CC1. The molecule has 2 nitrogen and oxygen atoms in total. The summed E-state index contributed by atoms with van der Waals surface area (Å²) in [6, 6.07) is 0. The third kappa shape index (κ3) is 5.43. The number of aliphatic hydroxyl groups is 1. The Morgan fingerprint density at radius 2 is 1.74 bits per heavy atom. The molecule has 2 fully saturated rings. The number of β-amino-alcohol motifs (C(OH)–C–C–N with tert-alkyl or cyclic N) is 1. The summed E-state index contributed by atoms with van der Waals surface area (Å²) >= 11 is 0. The van der Waals surface area contributed by atoms with Crippen LogP contribution < -0.4 is 0 Å². The van der Waals surface area contributed by atoms with E-state index in [2.05, 4.69) is 11.8 Å². The zero-order valence-electron chi connectivity index (χ0n) is 12.8. The van der Waals surface area contributed by atoms with Crippen LogP contribution in [0.1, 0.15) is 71.1 Å². The smallest absolute Gasteiger partial charge is 0.0669 e. The first-order valence-corrected chi connectivity index (χ1v) is 8.68. The topological polar surface area (TPSA) is 23.5 Å². The van der Waals surface area contributed by atoms with Gasteiger partial charge in [0.05, 0.1) is 6.10 Å². The standard InChI is InChI=1S/C17H33NO/c1-2-6-15-9-5-11-18(12-10-15)14-17(19)13-16-7-3-4-8-16/h15-17,19H,2-14H2,1H3. The summed E-state index contributed by atoms with van der Waals surface area (Å²) in [5, 5.41) is 10.3. The Labute approximate surface area is 119 Å². The minimum Gasteiger partial charge on any atom is -0.392 e. The highest BCUT2D eigenvalue weighted by Crippen LogP contribution is 2.29. The molecule has 0 spiro atoms. The first-order chi connectivity index (χ1) is 9.28. The summed E-state index contributed by atoms with van der Waals surface area (Å²) < 4.78 is 0. The van der Waals surface area contributed by atoms with Crippen molar-refractivity contribution in [3.05, 3.63) is 0 Å². The van der Waals surface area contributed by atoms with Crippen LogP contribution in [0.3, 0.4) is 0 Å². The summed E-state index contributed by atoms with van der Waals surface area (Å²) in [6.07, 6.45) is 13.3. The molecule has 0 aromatic carbocycles. The number of nitrogens with zero attached hydrogens (tertiary/aromatic N) is 1. The Bertz CT molecular complexity index is 237. The third-order valence-corrected chi connectivity index (χ3v) is 5.19. The largest absolute Gasteiger partial charge is 0.392 e. The molecule has 2 rings (SSSR count). The molecule has 2 atom stereocenters. The normalized spacial score (nSPS) is 28.4. The Kier molecular flexibility index (Phi) is 6.66. The second-order valence-electron chi connectivity index (χ2n) is 6.93. The summed E-state index contributed by atoms with van der Waals surface area (Å²) in [5.74, 6) is 1.76. The first-order valence-electron chi connectivity index (χ1n) is 8.68. The van der Waals surface area contributed by atoms with Crippen molar-refractivity contribution in [2.24, 2.45) is 11.8 Å². The van der Waals surface area contributed by atoms with E-state index in [1.807, 2.05) is 0 Å². The van der Waals surface area contributed by atoms with Gasteiger partial charge in [-0.25, -0.2) is 0 Å². The van der Waals surface area contributed by atoms with Crippen LogP contribution in [-0.4, -0.2) is 35.7 Å². The Balaban J connectivity index is 1.66. The van der Waals surface area contributed by atoms with E-state index in [-0.39, 0.29) is 6.10 Å². The van der Waals surface area contributed by atoms with E-state index in [1.165, 1.54) is 70.9 Å². The van der Waals surface area contributed by atoms with Crippen LogP contribution in [0.25, 0.3) is 0 Å². The minimum atomic E-state index is -0.0779. The second-order valence-corrected chi connectivity index (χ2v) is 6.93. The molecule has 0 bridgehead atoms. The average molecular weight is 267 g/mol. The van der Waals surface area contributed by atoms with E-state index < -0.39 is 0 Å². The van der Waals surface area contributed by atoms with E-state index in [9.17, 15) is 5.11 Å². The Morgan fingerprint density at radius 3 is 2.47 bits per heavy atom. The van der Waals surface area contributed by atoms with Gasteiger partial charge in [0, 0.05) is 6.54 Å². The van der Waals surface area contributed by atoms with Gasteiger partial charge in [-0.05, 0) is 50.6 Å². The molecule has 112 valence electrons. The highest BCUT2D eigenvalue weighted by molar-refractivity contribution is 4.76. The van der Waals surface area contributed by atoms with Crippen molar-refractivity contribution in [1.82, 2.24) is 4.90 Å². The number of hydrogen-bond donors (Lipinski definition) is 1. The van der Waals surface area contributed by atoms with Crippen LogP contribution in [0.4, 0.5) is 0 Å². The lowest BCUT2D eigenvalue weighted by molar-refractivity contribution is 0.0921. The maximum absolute atomic E-state index is 10.3. The van der Waals surface area contributed by atoms with Gasteiger partial charge in [-0.2, -0.15) is 0 Å². The fraction of sp³-hybridized carbons (Fsp3) is 1.00. The molecule has 1 N–H and O–H groups in total. The molecular formula is C17H33NO. The second kappa shape index (κ2) is 8.26. The van der Waals surface area contributed by atoms with Crippen molar-refractivity contribution < 1.29 is 5.11 Å². The molecular weight excluding hydrogens is 234 g/mol. The van der Waals surface area contributed by atoms with E-state index in [0.717, 1.165) is 24.8 Å². The van der Waals surface area contributed by atoms with Gasteiger partial charge in [0.15, 0.2) is 0 Å². The van der Waals surface area contributed by atoms with Gasteiger partial charge in [0.25, 0.3) is 0 Å². The number of aliphatic hydroxyl groups excluding tert-OH is 1. The fourth-order valence-corrected chi connectivity index (χ4v) is 4.11. The molecule has 1 aliphatic heterocycles. The lowest BCUT2D eigenvalue weighted by Crippen LogP contribution is -2.34. The summed E-state index contributed by atoms with van der Waals surface area (Å²) in [6.45, 7) is 5.65. The van der Waals surface area contributed by atoms with Crippen molar-refractivity contribution in [1.29, 1.82) is 0 Å². The quantitative estimate of drug-likeness (QED) is 0.790. The zero-order chi connectivity index (χ0) is 13.5. The van der Waals surface area contributed by atoms with Gasteiger partial charge in [-0.3, -0.25) is 0 Å². The van der Waals surface area contributed by atoms with E-state index in [1.54, 1.807) is 0 Å². The maximum atomic E-state index is 10.3. The predicted octanol–water partition coefficient (Wildman–Crippen LogP) is 3.83. The molecule has 2 heteroatoms. The fourth-order valence-electron chi connectivity index (χ4n) is 4.11. The molecule has 1 saturated heterocycles. The maximum Gasteiger partial charge on any atom is 0.0669 e. The van der Waals surface area contributed by atoms with Gasteiger partial charge in [-0.1, -0.05) is 45.4 Å². The molecule has 19 heavy (non-hydrogen) atoms. The molecule has 0 amide bonds. The van der Waals surface area contributed by atoms with Crippen molar-refractivity contribution in [2.45, 2.75) is 77.2 Å². The highest BCUT2D eigenvalue weighted by Gasteiger charge is 2.22. The molecule has 0 aromatic rings. The summed E-state index contributed by atoms with van der Waals surface area (Å²) in [5.41, 5.74) is 0. The molecule has 1 saturated carbocycles. The number of likely N-dealkylation sites (tertiary alicyclic amines) is 1. The molecule has 2 unspecified atom stereocenters. The summed E-state index contributed by atoms with van der Waals surface area (Å²) in [7, 11) is 0. The molecule has 0 radical (unpaired) electrons. The van der Waals surface area contributed by atoms with Crippen molar-refractivity contribution in [3.8, 4) is 0 Å². The molecule has 1 heterocycles. The van der Waals surface area contributed by atoms with Crippen molar-refractivity contribution in [3.63, 3.8) is 0 Å². The minimum absolute atomic E-state index is 0.0779. The Hall–Kier alpha value is -0.0800. The van der Waals surface area contributed by atoms with Crippen molar-refractivity contribution >= 4 is 0 Å². The third-order valence-electron chi connectivity index (χ3n) is 5.19. The zero-order valence-corrected chi connectivity index (χ0v) is 12.8. The van der Waals surface area contributed by atoms with E-state index in [0.29, 0.717) is 0 Å². The van der Waals surface area contributed by atoms with Crippen LogP contribution >= 0.6 is 0 Å². The van der Waals surface area contributed by atoms with Crippen LogP contribution in [-0.2, 0) is 0 Å². The first kappa shape index (κ1) is 15.3. The monoisotopic (exact) mass is 267 g/mol. The van der Waals surface area contributed by atoms with Gasteiger partial charge in [0.1, 0.15) is 0 Å². The summed E-state index contributed by atoms with van der Waals surface area (Å²) in [4.78, 5) is 2.52. The highest BCUT2D eigenvalue weighted by atomic mass is 16.3. The van der Waals surface area contributed by atoms with Crippen LogP contribution in [0.5, 0.6) is 0 Å². The van der Waals surface area contributed by atoms with Crippen LogP contribution in [0.15, 0.2) is 0 Å². The van der Waals surface area contributed by atoms with Crippen molar-refractivity contribution in [2.75, 3.05) is 19.6 Å². The van der Waals surface area contributed by atoms with Crippen LogP contribution in [0.2, 0.25) is 0 Å². The molecule has 2 aliphatic rings. The van der Waals surface area contributed by atoms with Gasteiger partial charge < -0.3 is 10.0 Å². The van der Waals surface area contributed by atoms with Gasteiger partial charge in [-0.15, -0.1) is 0 Å². The van der Waals surface area contributed by atoms with Gasteiger partial charge in [0.2, 0.25) is 0 Å². The lowest BCUT2D eigenvalue weighted by Gasteiger charge is -2.25.